The van der Waals surface area contributed by atoms with E-state index in [1.807, 2.05) is 6.08 Å². The van der Waals surface area contributed by atoms with Gasteiger partial charge in [-0.05, 0) is 13.3 Å². The van der Waals surface area contributed by atoms with Crippen LogP contribution in [0.4, 0.5) is 0 Å². The molecule has 2 N–H and O–H groups in total. The van der Waals surface area contributed by atoms with Crippen LogP contribution >= 0.6 is 0 Å². The zero-order valence-electron chi connectivity index (χ0n) is 9.61. The molecule has 1 fully saturated rings. The van der Waals surface area contributed by atoms with Gasteiger partial charge in [0.1, 0.15) is 0 Å². The Hall–Kier alpha value is -0.640. The van der Waals surface area contributed by atoms with E-state index in [0.29, 0.717) is 6.54 Å². The summed E-state index contributed by atoms with van der Waals surface area (Å²) in [6.45, 7) is 7.71. The van der Waals surface area contributed by atoms with E-state index in [0.717, 1.165) is 39.3 Å². The molecule has 0 bridgehead atoms. The minimum Gasteiger partial charge on any atom is -0.379 e. The van der Waals surface area contributed by atoms with Crippen LogP contribution in [0.3, 0.4) is 0 Å². The van der Waals surface area contributed by atoms with E-state index in [1.165, 1.54) is 5.57 Å². The molecule has 0 radical (unpaired) electrons. The molecule has 1 heterocycles. The van der Waals surface area contributed by atoms with Gasteiger partial charge in [-0.15, -0.1) is 0 Å². The van der Waals surface area contributed by atoms with Crippen LogP contribution in [0.1, 0.15) is 13.3 Å². The summed E-state index contributed by atoms with van der Waals surface area (Å²) in [5.41, 5.74) is 6.80. The van der Waals surface area contributed by atoms with Gasteiger partial charge in [-0.1, -0.05) is 23.8 Å². The average Bonchev–Trinajstić information content (AvgIpc) is 2.31. The van der Waals surface area contributed by atoms with Crippen molar-refractivity contribution in [2.75, 3.05) is 39.4 Å². The zero-order chi connectivity index (χ0) is 10.9. The lowest BCUT2D eigenvalue weighted by atomic mass is 10.1. The highest BCUT2D eigenvalue weighted by Crippen LogP contribution is 2.06. The fourth-order valence-corrected chi connectivity index (χ4v) is 1.66. The Morgan fingerprint density at radius 3 is 2.73 bits per heavy atom. The van der Waals surface area contributed by atoms with Crippen LogP contribution in [0.2, 0.25) is 0 Å². The van der Waals surface area contributed by atoms with Crippen LogP contribution in [-0.4, -0.2) is 44.3 Å². The fraction of sp³-hybridized carbons (Fsp3) is 0.667. The minimum absolute atomic E-state index is 0.620. The summed E-state index contributed by atoms with van der Waals surface area (Å²) in [4.78, 5) is 2.45. The van der Waals surface area contributed by atoms with E-state index in [9.17, 15) is 0 Å². The molecule has 0 unspecified atom stereocenters. The van der Waals surface area contributed by atoms with Crippen LogP contribution in [0.25, 0.3) is 0 Å². The third-order valence-corrected chi connectivity index (χ3v) is 2.66. The quantitative estimate of drug-likeness (QED) is 0.692. The van der Waals surface area contributed by atoms with Gasteiger partial charge in [-0.25, -0.2) is 0 Å². The Bertz CT molecular complexity index is 218. The largest absolute Gasteiger partial charge is 0.379 e. The molecule has 0 amide bonds. The maximum absolute atomic E-state index is 5.43. The summed E-state index contributed by atoms with van der Waals surface area (Å²) in [7, 11) is 0. The molecule has 0 atom stereocenters. The Morgan fingerprint density at radius 2 is 2.13 bits per heavy atom. The summed E-state index contributed by atoms with van der Waals surface area (Å²) in [5.74, 6) is 0. The highest BCUT2D eigenvalue weighted by Gasteiger charge is 2.09. The first-order valence-corrected chi connectivity index (χ1v) is 5.68. The summed E-state index contributed by atoms with van der Waals surface area (Å²) < 4.78 is 5.31. The number of hydrogen-bond acceptors (Lipinski definition) is 3. The van der Waals surface area contributed by atoms with Gasteiger partial charge in [0.15, 0.2) is 0 Å². The molecule has 1 rings (SSSR count). The maximum Gasteiger partial charge on any atom is 0.0594 e. The number of rotatable bonds is 5. The first-order valence-electron chi connectivity index (χ1n) is 5.68. The SMILES string of the molecule is C/C=C(\C=C/CN)CCN1CCOCC1. The number of morpholine rings is 1. The van der Waals surface area contributed by atoms with Crippen LogP contribution in [0.5, 0.6) is 0 Å². The van der Waals surface area contributed by atoms with Crippen molar-refractivity contribution in [3.63, 3.8) is 0 Å². The average molecular weight is 210 g/mol. The molecule has 1 aliphatic heterocycles. The van der Waals surface area contributed by atoms with Crippen molar-refractivity contribution in [1.29, 1.82) is 0 Å². The van der Waals surface area contributed by atoms with Crippen molar-refractivity contribution in [2.45, 2.75) is 13.3 Å². The molecule has 86 valence electrons. The molecule has 0 aromatic rings. The minimum atomic E-state index is 0.620. The van der Waals surface area contributed by atoms with E-state index < -0.39 is 0 Å². The number of allylic oxidation sites excluding steroid dienone is 2. The number of hydrogen-bond donors (Lipinski definition) is 1. The fourth-order valence-electron chi connectivity index (χ4n) is 1.66. The number of ether oxygens (including phenoxy) is 1. The highest BCUT2D eigenvalue weighted by atomic mass is 16.5. The van der Waals surface area contributed by atoms with Gasteiger partial charge >= 0.3 is 0 Å². The van der Waals surface area contributed by atoms with Crippen molar-refractivity contribution < 1.29 is 4.74 Å². The summed E-state index contributed by atoms with van der Waals surface area (Å²) in [5, 5.41) is 0. The van der Waals surface area contributed by atoms with Crippen molar-refractivity contribution in [2.24, 2.45) is 5.73 Å². The van der Waals surface area contributed by atoms with Gasteiger partial charge < -0.3 is 10.5 Å². The van der Waals surface area contributed by atoms with Gasteiger partial charge in [0.05, 0.1) is 13.2 Å². The molecule has 3 heteroatoms. The maximum atomic E-state index is 5.43. The van der Waals surface area contributed by atoms with Gasteiger partial charge in [0, 0.05) is 26.2 Å². The van der Waals surface area contributed by atoms with E-state index >= 15 is 0 Å². The van der Waals surface area contributed by atoms with E-state index in [1.54, 1.807) is 0 Å². The highest BCUT2D eigenvalue weighted by molar-refractivity contribution is 5.18. The topological polar surface area (TPSA) is 38.5 Å². The molecule has 0 spiro atoms. The Kier molecular flexibility index (Phi) is 6.32. The van der Waals surface area contributed by atoms with Crippen LogP contribution in [0, 0.1) is 0 Å². The predicted molar refractivity (Wildman–Crippen MR) is 63.8 cm³/mol. The Balaban J connectivity index is 2.24. The van der Waals surface area contributed by atoms with E-state index in [-0.39, 0.29) is 0 Å². The third-order valence-electron chi connectivity index (χ3n) is 2.66. The molecule has 0 aliphatic carbocycles. The predicted octanol–water partition coefficient (Wildman–Crippen LogP) is 1.17. The first kappa shape index (κ1) is 12.4. The van der Waals surface area contributed by atoms with Crippen LogP contribution in [-0.2, 0) is 4.74 Å². The standard InChI is InChI=1S/C12H22N2O/c1-2-12(4-3-6-13)5-7-14-8-10-15-11-9-14/h2-4H,5-11,13H2,1H3/b4-3-,12-2+. The van der Waals surface area contributed by atoms with Gasteiger partial charge in [0.25, 0.3) is 0 Å². The first-order chi connectivity index (χ1) is 7.36. The summed E-state index contributed by atoms with van der Waals surface area (Å²) >= 11 is 0. The third kappa shape index (κ3) is 5.11. The van der Waals surface area contributed by atoms with Crippen molar-refractivity contribution in [3.05, 3.63) is 23.8 Å². The molecule has 3 nitrogen and oxygen atoms in total. The molecule has 1 saturated heterocycles. The lowest BCUT2D eigenvalue weighted by Gasteiger charge is -2.26. The van der Waals surface area contributed by atoms with Gasteiger partial charge in [0.2, 0.25) is 0 Å². The molecule has 0 aromatic heterocycles. The van der Waals surface area contributed by atoms with Crippen LogP contribution < -0.4 is 5.73 Å². The lowest BCUT2D eigenvalue weighted by molar-refractivity contribution is 0.0385. The zero-order valence-corrected chi connectivity index (χ0v) is 9.61. The van der Waals surface area contributed by atoms with Crippen molar-refractivity contribution in [3.8, 4) is 0 Å². The van der Waals surface area contributed by atoms with Crippen molar-refractivity contribution >= 4 is 0 Å². The second-order valence-electron chi connectivity index (χ2n) is 3.71. The second kappa shape index (κ2) is 7.63. The molecule has 0 aromatic carbocycles. The molecule has 0 saturated carbocycles. The second-order valence-corrected chi connectivity index (χ2v) is 3.71. The summed E-state index contributed by atoms with van der Waals surface area (Å²) in [6, 6.07) is 0. The van der Waals surface area contributed by atoms with E-state index in [2.05, 4.69) is 24.0 Å². The van der Waals surface area contributed by atoms with E-state index in [4.69, 9.17) is 10.5 Å². The van der Waals surface area contributed by atoms with Crippen LogP contribution in [0.15, 0.2) is 23.8 Å². The number of nitrogens with two attached hydrogens (primary N) is 1. The smallest absolute Gasteiger partial charge is 0.0594 e. The number of nitrogens with zero attached hydrogens (tertiary/aromatic N) is 1. The Morgan fingerprint density at radius 1 is 1.40 bits per heavy atom. The lowest BCUT2D eigenvalue weighted by Crippen LogP contribution is -2.36. The molecule has 1 aliphatic rings. The normalized spacial score (nSPS) is 20.0. The molecule has 15 heavy (non-hydrogen) atoms. The van der Waals surface area contributed by atoms with Gasteiger partial charge in [-0.3, -0.25) is 4.90 Å². The van der Waals surface area contributed by atoms with Gasteiger partial charge in [-0.2, -0.15) is 0 Å². The summed E-state index contributed by atoms with van der Waals surface area (Å²) in [6.07, 6.45) is 7.40. The Labute approximate surface area is 92.6 Å². The molecular weight excluding hydrogens is 188 g/mol. The molecular formula is C12H22N2O. The van der Waals surface area contributed by atoms with Crippen molar-refractivity contribution in [1.82, 2.24) is 4.90 Å². The monoisotopic (exact) mass is 210 g/mol.